The van der Waals surface area contributed by atoms with E-state index in [0.717, 1.165) is 31.4 Å². The van der Waals surface area contributed by atoms with Gasteiger partial charge in [-0.25, -0.2) is 4.39 Å². The number of carbonyl (C=O) groups excluding carboxylic acids is 1. The van der Waals surface area contributed by atoms with Crippen molar-refractivity contribution in [3.05, 3.63) is 70.0 Å². The molecule has 1 saturated heterocycles. The predicted octanol–water partition coefficient (Wildman–Crippen LogP) is 4.91. The van der Waals surface area contributed by atoms with E-state index in [1.807, 2.05) is 14.1 Å². The van der Waals surface area contributed by atoms with Gasteiger partial charge in [-0.3, -0.25) is 4.79 Å². The van der Waals surface area contributed by atoms with E-state index in [4.69, 9.17) is 11.6 Å². The predicted molar refractivity (Wildman–Crippen MR) is 103 cm³/mol. The van der Waals surface area contributed by atoms with Crippen LogP contribution >= 0.6 is 11.6 Å². The second-order valence-electron chi connectivity index (χ2n) is 7.11. The van der Waals surface area contributed by atoms with Crippen LogP contribution in [0.1, 0.15) is 46.8 Å². The molecular formula is C21H24ClFN2O. The van der Waals surface area contributed by atoms with E-state index in [-0.39, 0.29) is 17.5 Å². The fourth-order valence-electron chi connectivity index (χ4n) is 3.55. The third-order valence-electron chi connectivity index (χ3n) is 4.79. The van der Waals surface area contributed by atoms with Crippen molar-refractivity contribution in [1.82, 2.24) is 9.80 Å². The highest BCUT2D eigenvalue weighted by Gasteiger charge is 2.30. The van der Waals surface area contributed by atoms with Gasteiger partial charge in [0.25, 0.3) is 5.91 Å². The molecule has 1 aliphatic heterocycles. The molecular weight excluding hydrogens is 351 g/mol. The summed E-state index contributed by atoms with van der Waals surface area (Å²) in [5, 5.41) is 0.297. The molecule has 1 aliphatic rings. The number of amides is 1. The van der Waals surface area contributed by atoms with E-state index in [0.29, 0.717) is 11.6 Å². The number of carbonyl (C=O) groups is 1. The molecule has 0 N–H and O–H groups in total. The zero-order chi connectivity index (χ0) is 18.7. The van der Waals surface area contributed by atoms with Crippen LogP contribution in [0.2, 0.25) is 5.02 Å². The summed E-state index contributed by atoms with van der Waals surface area (Å²) in [4.78, 5) is 16.9. The Bertz CT molecular complexity index is 776. The number of piperidine rings is 1. The maximum absolute atomic E-state index is 14.2. The summed E-state index contributed by atoms with van der Waals surface area (Å²) in [6.45, 7) is 1.52. The average Bonchev–Trinajstić information content (AvgIpc) is 2.61. The highest BCUT2D eigenvalue weighted by atomic mass is 35.5. The monoisotopic (exact) mass is 374 g/mol. The van der Waals surface area contributed by atoms with Gasteiger partial charge in [-0.15, -0.1) is 0 Å². The van der Waals surface area contributed by atoms with Crippen LogP contribution in [-0.2, 0) is 6.54 Å². The largest absolute Gasteiger partial charge is 0.332 e. The molecule has 0 bridgehead atoms. The van der Waals surface area contributed by atoms with Crippen molar-refractivity contribution < 1.29 is 9.18 Å². The molecule has 2 aromatic carbocycles. The standard InChI is InChI=1S/C21H24ClFN2O/c1-24(2)14-15-6-8-16(9-7-15)20-5-3-4-12-25(20)21(26)18-11-10-17(22)13-19(18)23/h6-11,13,20H,3-5,12,14H2,1-2H3/t20-/m1/s1. The molecule has 3 rings (SSSR count). The number of halogens is 2. The van der Waals surface area contributed by atoms with Gasteiger partial charge in [0.1, 0.15) is 5.82 Å². The molecule has 138 valence electrons. The van der Waals surface area contributed by atoms with Crippen molar-refractivity contribution in [3.8, 4) is 0 Å². The van der Waals surface area contributed by atoms with E-state index in [9.17, 15) is 9.18 Å². The molecule has 0 unspecified atom stereocenters. The summed E-state index contributed by atoms with van der Waals surface area (Å²) in [5.41, 5.74) is 2.43. The van der Waals surface area contributed by atoms with Gasteiger partial charge in [-0.05, 0) is 62.7 Å². The first-order chi connectivity index (χ1) is 12.5. The van der Waals surface area contributed by atoms with Crippen molar-refractivity contribution >= 4 is 17.5 Å². The summed E-state index contributed by atoms with van der Waals surface area (Å²) in [5.74, 6) is -0.825. The average molecular weight is 375 g/mol. The Morgan fingerprint density at radius 2 is 1.92 bits per heavy atom. The minimum absolute atomic E-state index is 0.0141. The smallest absolute Gasteiger partial charge is 0.257 e. The molecule has 0 aliphatic carbocycles. The minimum Gasteiger partial charge on any atom is -0.332 e. The molecule has 26 heavy (non-hydrogen) atoms. The lowest BCUT2D eigenvalue weighted by molar-refractivity contribution is 0.0607. The van der Waals surface area contributed by atoms with Crippen LogP contribution in [0, 0.1) is 5.82 Å². The second kappa shape index (κ2) is 8.19. The lowest BCUT2D eigenvalue weighted by Gasteiger charge is -2.36. The topological polar surface area (TPSA) is 23.6 Å². The van der Waals surface area contributed by atoms with Crippen molar-refractivity contribution in [2.24, 2.45) is 0 Å². The van der Waals surface area contributed by atoms with Crippen LogP contribution in [0.5, 0.6) is 0 Å². The lowest BCUT2D eigenvalue weighted by atomic mass is 9.93. The molecule has 0 aromatic heterocycles. The molecule has 0 radical (unpaired) electrons. The van der Waals surface area contributed by atoms with Crippen LogP contribution in [-0.4, -0.2) is 36.3 Å². The first-order valence-corrected chi connectivity index (χ1v) is 9.33. The number of nitrogens with zero attached hydrogens (tertiary/aromatic N) is 2. The summed E-state index contributed by atoms with van der Waals surface area (Å²) < 4.78 is 14.2. The van der Waals surface area contributed by atoms with Crippen molar-refractivity contribution in [1.29, 1.82) is 0 Å². The molecule has 1 atom stereocenters. The number of hydrogen-bond acceptors (Lipinski definition) is 2. The first kappa shape index (κ1) is 18.9. The van der Waals surface area contributed by atoms with Crippen LogP contribution < -0.4 is 0 Å². The summed E-state index contributed by atoms with van der Waals surface area (Å²) >= 11 is 5.81. The highest BCUT2D eigenvalue weighted by molar-refractivity contribution is 6.30. The number of hydrogen-bond donors (Lipinski definition) is 0. The Morgan fingerprint density at radius 1 is 1.19 bits per heavy atom. The number of benzene rings is 2. The Hall–Kier alpha value is -1.91. The number of likely N-dealkylation sites (tertiary alicyclic amines) is 1. The van der Waals surface area contributed by atoms with Crippen LogP contribution in [0.4, 0.5) is 4.39 Å². The molecule has 0 spiro atoms. The van der Waals surface area contributed by atoms with Gasteiger partial charge < -0.3 is 9.80 Å². The Labute approximate surface area is 159 Å². The maximum atomic E-state index is 14.2. The zero-order valence-corrected chi connectivity index (χ0v) is 16.0. The second-order valence-corrected chi connectivity index (χ2v) is 7.55. The molecule has 1 heterocycles. The third kappa shape index (κ3) is 4.25. The van der Waals surface area contributed by atoms with Crippen molar-refractivity contribution in [2.45, 2.75) is 31.8 Å². The van der Waals surface area contributed by atoms with Gasteiger partial charge in [0.15, 0.2) is 0 Å². The van der Waals surface area contributed by atoms with E-state index in [1.165, 1.54) is 17.7 Å². The van der Waals surface area contributed by atoms with Crippen molar-refractivity contribution in [2.75, 3.05) is 20.6 Å². The fraction of sp³-hybridized carbons (Fsp3) is 0.381. The normalized spacial score (nSPS) is 17.6. The Kier molecular flexibility index (Phi) is 5.94. The zero-order valence-electron chi connectivity index (χ0n) is 15.2. The van der Waals surface area contributed by atoms with Gasteiger partial charge in [-0.1, -0.05) is 35.9 Å². The van der Waals surface area contributed by atoms with Crippen LogP contribution in [0.3, 0.4) is 0 Å². The van der Waals surface area contributed by atoms with Gasteiger partial charge in [-0.2, -0.15) is 0 Å². The Balaban J connectivity index is 1.84. The molecule has 5 heteroatoms. The van der Waals surface area contributed by atoms with Gasteiger partial charge in [0, 0.05) is 18.1 Å². The first-order valence-electron chi connectivity index (χ1n) is 8.95. The van der Waals surface area contributed by atoms with Crippen LogP contribution in [0.15, 0.2) is 42.5 Å². The van der Waals surface area contributed by atoms with Crippen LogP contribution in [0.25, 0.3) is 0 Å². The summed E-state index contributed by atoms with van der Waals surface area (Å²) in [6.07, 6.45) is 2.90. The minimum atomic E-state index is -0.562. The number of rotatable bonds is 4. The molecule has 3 nitrogen and oxygen atoms in total. The third-order valence-corrected chi connectivity index (χ3v) is 5.02. The quantitative estimate of drug-likeness (QED) is 0.759. The molecule has 0 saturated carbocycles. The summed E-state index contributed by atoms with van der Waals surface area (Å²) in [6, 6.07) is 12.6. The maximum Gasteiger partial charge on any atom is 0.257 e. The fourth-order valence-corrected chi connectivity index (χ4v) is 3.71. The SMILES string of the molecule is CN(C)Cc1ccc([C@H]2CCCCN2C(=O)c2ccc(Cl)cc2F)cc1. The van der Waals surface area contributed by atoms with E-state index >= 15 is 0 Å². The van der Waals surface area contributed by atoms with Gasteiger partial charge >= 0.3 is 0 Å². The van der Waals surface area contributed by atoms with E-state index < -0.39 is 5.82 Å². The lowest BCUT2D eigenvalue weighted by Crippen LogP contribution is -2.38. The molecule has 1 fully saturated rings. The van der Waals surface area contributed by atoms with Gasteiger partial charge in [0.2, 0.25) is 0 Å². The van der Waals surface area contributed by atoms with E-state index in [2.05, 4.69) is 29.2 Å². The van der Waals surface area contributed by atoms with Crippen molar-refractivity contribution in [3.63, 3.8) is 0 Å². The highest BCUT2D eigenvalue weighted by Crippen LogP contribution is 2.33. The Morgan fingerprint density at radius 3 is 2.58 bits per heavy atom. The molecule has 1 amide bonds. The van der Waals surface area contributed by atoms with E-state index in [1.54, 1.807) is 11.0 Å². The summed E-state index contributed by atoms with van der Waals surface area (Å²) in [7, 11) is 4.08. The molecule has 2 aromatic rings. The van der Waals surface area contributed by atoms with Gasteiger partial charge in [0.05, 0.1) is 11.6 Å².